The summed E-state index contributed by atoms with van der Waals surface area (Å²) < 4.78 is 38.9. The van der Waals surface area contributed by atoms with Crippen LogP contribution in [0.2, 0.25) is 5.02 Å². The third kappa shape index (κ3) is 2.58. The van der Waals surface area contributed by atoms with Crippen molar-refractivity contribution < 1.29 is 22.7 Å². The topological polar surface area (TPSA) is 95.2 Å². The van der Waals surface area contributed by atoms with Gasteiger partial charge in [-0.15, -0.1) is 0 Å². The van der Waals surface area contributed by atoms with Gasteiger partial charge in [0.2, 0.25) is 0 Å². The van der Waals surface area contributed by atoms with Crippen molar-refractivity contribution in [3.05, 3.63) is 64.9 Å². The van der Waals surface area contributed by atoms with Gasteiger partial charge in [-0.25, -0.2) is 12.8 Å². The maximum Gasteiger partial charge on any atom is 0.326 e. The number of carboxylic acids is 1. The number of hydrogen-bond acceptors (Lipinski definition) is 4. The van der Waals surface area contributed by atoms with Gasteiger partial charge < -0.3 is 5.11 Å². The highest BCUT2D eigenvalue weighted by Crippen LogP contribution is 2.64. The van der Waals surface area contributed by atoms with Crippen molar-refractivity contribution in [1.29, 1.82) is 5.26 Å². The van der Waals surface area contributed by atoms with Crippen molar-refractivity contribution in [3.8, 4) is 6.07 Å². The van der Waals surface area contributed by atoms with Gasteiger partial charge in [-0.05, 0) is 42.0 Å². The molecule has 3 atom stereocenters. The summed E-state index contributed by atoms with van der Waals surface area (Å²) in [5.74, 6) is -3.15. The molecule has 0 aromatic heterocycles. The quantitative estimate of drug-likeness (QED) is 0.880. The lowest BCUT2D eigenvalue weighted by atomic mass is 10.0. The molecule has 0 saturated heterocycles. The van der Waals surface area contributed by atoms with Gasteiger partial charge in [0, 0.05) is 10.9 Å². The fraction of sp³-hybridized carbons (Fsp3) is 0.176. The number of hydrogen-bond donors (Lipinski definition) is 1. The number of halogens is 2. The largest absolute Gasteiger partial charge is 0.480 e. The van der Waals surface area contributed by atoms with E-state index in [4.69, 9.17) is 11.6 Å². The van der Waals surface area contributed by atoms with Crippen LogP contribution in [-0.2, 0) is 14.6 Å². The Kier molecular flexibility index (Phi) is 4.06. The second-order valence-electron chi connectivity index (χ2n) is 5.73. The number of nitriles is 1. The molecular weight excluding hydrogens is 369 g/mol. The van der Waals surface area contributed by atoms with Gasteiger partial charge in [0.25, 0.3) is 0 Å². The minimum Gasteiger partial charge on any atom is -0.480 e. The van der Waals surface area contributed by atoms with Crippen molar-refractivity contribution in [1.82, 2.24) is 0 Å². The highest BCUT2D eigenvalue weighted by atomic mass is 35.5. The molecule has 0 aliphatic heterocycles. The normalized spacial score (nSPS) is 25.2. The van der Waals surface area contributed by atoms with Gasteiger partial charge >= 0.3 is 5.97 Å². The summed E-state index contributed by atoms with van der Waals surface area (Å²) in [5, 5.41) is 17.8. The summed E-state index contributed by atoms with van der Waals surface area (Å²) in [6, 6.07) is 11.7. The fourth-order valence-electron chi connectivity index (χ4n) is 3.09. The van der Waals surface area contributed by atoms with Gasteiger partial charge in [-0.3, -0.25) is 4.79 Å². The number of rotatable bonds is 4. The molecule has 0 heterocycles. The van der Waals surface area contributed by atoms with Crippen LogP contribution in [0.1, 0.15) is 11.5 Å². The van der Waals surface area contributed by atoms with Crippen molar-refractivity contribution in [2.75, 3.05) is 0 Å². The number of carbonyl (C=O) groups is 1. The van der Waals surface area contributed by atoms with E-state index in [1.165, 1.54) is 36.4 Å². The summed E-state index contributed by atoms with van der Waals surface area (Å²) in [6.07, 6.45) is 0. The summed E-state index contributed by atoms with van der Waals surface area (Å²) in [4.78, 5) is 11.6. The molecule has 5 nitrogen and oxygen atoms in total. The van der Waals surface area contributed by atoms with E-state index in [1.54, 1.807) is 6.07 Å². The van der Waals surface area contributed by atoms with Crippen molar-refractivity contribution in [3.63, 3.8) is 0 Å². The summed E-state index contributed by atoms with van der Waals surface area (Å²) in [5.41, 5.74) is -1.83. The van der Waals surface area contributed by atoms with E-state index in [-0.39, 0.29) is 10.5 Å². The van der Waals surface area contributed by atoms with E-state index in [1.807, 2.05) is 0 Å². The summed E-state index contributed by atoms with van der Waals surface area (Å²) in [7, 11) is -4.11. The number of aliphatic carboxylic acids is 1. The zero-order chi connectivity index (χ0) is 18.4. The molecular formula is C17H11ClFNO4S. The Bertz CT molecular complexity index is 983. The van der Waals surface area contributed by atoms with Crippen LogP contribution >= 0.6 is 11.6 Å². The van der Waals surface area contributed by atoms with E-state index in [0.29, 0.717) is 5.02 Å². The van der Waals surface area contributed by atoms with Gasteiger partial charge in [0.1, 0.15) is 11.1 Å². The molecule has 1 aliphatic rings. The molecule has 2 aromatic rings. The SMILES string of the molecule is N#C[C@@]1(C(=O)O)[C@@H](c2ccc(F)cc2)[C@@H]1S(=O)(=O)c1ccc(Cl)cc1. The zero-order valence-corrected chi connectivity index (χ0v) is 14.1. The van der Waals surface area contributed by atoms with Gasteiger partial charge in [0.15, 0.2) is 15.3 Å². The number of nitrogens with zero attached hydrogens (tertiary/aromatic N) is 1. The maximum absolute atomic E-state index is 13.1. The van der Waals surface area contributed by atoms with Crippen LogP contribution in [0.5, 0.6) is 0 Å². The number of sulfone groups is 1. The lowest BCUT2D eigenvalue weighted by Gasteiger charge is -2.05. The molecule has 1 saturated carbocycles. The minimum atomic E-state index is -4.11. The van der Waals surface area contributed by atoms with Crippen LogP contribution in [0.25, 0.3) is 0 Å². The van der Waals surface area contributed by atoms with Crippen molar-refractivity contribution in [2.45, 2.75) is 16.1 Å². The zero-order valence-electron chi connectivity index (χ0n) is 12.6. The summed E-state index contributed by atoms with van der Waals surface area (Å²) >= 11 is 5.75. The first kappa shape index (κ1) is 17.4. The molecule has 25 heavy (non-hydrogen) atoms. The fourth-order valence-corrected chi connectivity index (χ4v) is 5.47. The van der Waals surface area contributed by atoms with Crippen LogP contribution in [0, 0.1) is 22.6 Å². The predicted molar refractivity (Wildman–Crippen MR) is 87.2 cm³/mol. The average molecular weight is 380 g/mol. The Morgan fingerprint density at radius 3 is 2.20 bits per heavy atom. The van der Waals surface area contributed by atoms with Gasteiger partial charge in [-0.2, -0.15) is 5.26 Å². The monoisotopic (exact) mass is 379 g/mol. The number of benzene rings is 2. The van der Waals surface area contributed by atoms with Crippen molar-refractivity contribution >= 4 is 27.4 Å². The second-order valence-corrected chi connectivity index (χ2v) is 8.24. The smallest absolute Gasteiger partial charge is 0.326 e. The van der Waals surface area contributed by atoms with E-state index < -0.39 is 38.2 Å². The molecule has 0 spiro atoms. The first-order chi connectivity index (χ1) is 11.7. The van der Waals surface area contributed by atoms with Gasteiger partial charge in [0.05, 0.1) is 11.0 Å². The highest BCUT2D eigenvalue weighted by molar-refractivity contribution is 7.92. The Hall–Kier alpha value is -2.43. The van der Waals surface area contributed by atoms with Crippen LogP contribution in [0.3, 0.4) is 0 Å². The second kappa shape index (κ2) is 5.83. The Morgan fingerprint density at radius 2 is 1.72 bits per heavy atom. The van der Waals surface area contributed by atoms with Crippen LogP contribution in [0.4, 0.5) is 4.39 Å². The molecule has 8 heteroatoms. The molecule has 0 radical (unpaired) electrons. The molecule has 1 N–H and O–H groups in total. The van der Waals surface area contributed by atoms with E-state index in [2.05, 4.69) is 0 Å². The molecule has 0 amide bonds. The molecule has 0 unspecified atom stereocenters. The Morgan fingerprint density at radius 1 is 1.16 bits per heavy atom. The lowest BCUT2D eigenvalue weighted by Crippen LogP contribution is -2.22. The average Bonchev–Trinajstić information content (AvgIpc) is 3.27. The molecule has 0 bridgehead atoms. The maximum atomic E-state index is 13.1. The first-order valence-corrected chi connectivity index (χ1v) is 9.07. The molecule has 2 aromatic carbocycles. The third-order valence-corrected chi connectivity index (χ3v) is 6.87. The molecule has 128 valence electrons. The number of carboxylic acid groups (broad SMARTS) is 1. The molecule has 1 fully saturated rings. The standard InChI is InChI=1S/C17H11ClFNO4S/c18-11-3-7-13(8-4-11)25(23,24)15-14(17(15,9-20)16(21)22)10-1-5-12(19)6-2-10/h1-8,14-15H,(H,21,22)/t14-,15-,17+/m0/s1. The van der Waals surface area contributed by atoms with E-state index in [9.17, 15) is 28.0 Å². The lowest BCUT2D eigenvalue weighted by molar-refractivity contribution is -0.141. The summed E-state index contributed by atoms with van der Waals surface area (Å²) in [6.45, 7) is 0. The van der Waals surface area contributed by atoms with Crippen LogP contribution < -0.4 is 0 Å². The van der Waals surface area contributed by atoms with E-state index in [0.717, 1.165) is 12.1 Å². The van der Waals surface area contributed by atoms with E-state index >= 15 is 0 Å². The van der Waals surface area contributed by atoms with Crippen molar-refractivity contribution in [2.24, 2.45) is 5.41 Å². The molecule has 3 rings (SSSR count). The Labute approximate surface area is 148 Å². The first-order valence-electron chi connectivity index (χ1n) is 7.14. The third-order valence-electron chi connectivity index (χ3n) is 4.38. The van der Waals surface area contributed by atoms with Crippen LogP contribution in [-0.4, -0.2) is 24.7 Å². The predicted octanol–water partition coefficient (Wildman–Crippen LogP) is 3.01. The minimum absolute atomic E-state index is 0.118. The van der Waals surface area contributed by atoms with Crippen LogP contribution in [0.15, 0.2) is 53.4 Å². The Balaban J connectivity index is 2.12. The van der Waals surface area contributed by atoms with Gasteiger partial charge in [-0.1, -0.05) is 23.7 Å². The highest BCUT2D eigenvalue weighted by Gasteiger charge is 2.77. The molecule has 1 aliphatic carbocycles.